The maximum atomic E-state index is 12.8. The minimum Gasteiger partial charge on any atom is -0.350 e. The number of para-hydroxylation sites is 2. The maximum absolute atomic E-state index is 12.8. The molecule has 0 spiro atoms. The molecule has 0 saturated carbocycles. The molecule has 29 heavy (non-hydrogen) atoms. The molecule has 1 fully saturated rings. The molecular formula is C24H30N4O. The van der Waals surface area contributed by atoms with E-state index in [1.54, 1.807) is 6.33 Å². The van der Waals surface area contributed by atoms with E-state index in [4.69, 9.17) is 0 Å². The van der Waals surface area contributed by atoms with Crippen molar-refractivity contribution in [2.24, 2.45) is 5.92 Å². The molecule has 0 radical (unpaired) electrons. The molecule has 0 unspecified atom stereocenters. The summed E-state index contributed by atoms with van der Waals surface area (Å²) in [4.78, 5) is 19.8. The maximum Gasteiger partial charge on any atom is 0.243 e. The van der Waals surface area contributed by atoms with Crippen LogP contribution in [0.4, 0.5) is 0 Å². The van der Waals surface area contributed by atoms with Gasteiger partial charge in [0.15, 0.2) is 0 Å². The van der Waals surface area contributed by atoms with E-state index in [2.05, 4.69) is 46.4 Å². The van der Waals surface area contributed by atoms with E-state index in [9.17, 15) is 4.79 Å². The van der Waals surface area contributed by atoms with Gasteiger partial charge in [0, 0.05) is 19.6 Å². The van der Waals surface area contributed by atoms with Gasteiger partial charge in [0.25, 0.3) is 0 Å². The molecule has 5 heteroatoms. The minimum atomic E-state index is -0.308. The number of imidazole rings is 1. The molecule has 1 aromatic heterocycles. The van der Waals surface area contributed by atoms with Crippen LogP contribution in [-0.4, -0.2) is 33.4 Å². The molecule has 2 atom stereocenters. The first-order valence-electron chi connectivity index (χ1n) is 10.6. The van der Waals surface area contributed by atoms with Gasteiger partial charge in [-0.15, -0.1) is 0 Å². The van der Waals surface area contributed by atoms with E-state index in [1.165, 1.54) is 24.0 Å². The lowest BCUT2D eigenvalue weighted by Crippen LogP contribution is -2.34. The fourth-order valence-corrected chi connectivity index (χ4v) is 4.30. The molecule has 2 aromatic carbocycles. The van der Waals surface area contributed by atoms with Gasteiger partial charge in [0.2, 0.25) is 5.91 Å². The number of carbonyl (C=O) groups is 1. The largest absolute Gasteiger partial charge is 0.350 e. The van der Waals surface area contributed by atoms with Crippen LogP contribution in [0.5, 0.6) is 0 Å². The molecule has 4 rings (SSSR count). The Hall–Kier alpha value is -2.66. The summed E-state index contributed by atoms with van der Waals surface area (Å²) in [6.45, 7) is 8.08. The van der Waals surface area contributed by atoms with Crippen LogP contribution in [-0.2, 0) is 17.9 Å². The number of nitrogens with zero attached hydrogens (tertiary/aromatic N) is 3. The van der Waals surface area contributed by atoms with Crippen molar-refractivity contribution < 1.29 is 4.79 Å². The van der Waals surface area contributed by atoms with Crippen LogP contribution in [0.2, 0.25) is 0 Å². The Bertz CT molecular complexity index is 980. The third-order valence-corrected chi connectivity index (χ3v) is 5.98. The standard InChI is InChI=1S/C24H30N4O/c1-18-8-7-13-27(15-18)16-21-10-4-3-9-20(21)14-25-24(29)19(2)28-17-26-22-11-5-6-12-23(22)28/h3-6,9-12,17-19H,7-8,13-16H2,1-2H3,(H,25,29)/t18-,19+/m0/s1. The van der Waals surface area contributed by atoms with E-state index < -0.39 is 0 Å². The highest BCUT2D eigenvalue weighted by Crippen LogP contribution is 2.20. The highest BCUT2D eigenvalue weighted by molar-refractivity contribution is 5.83. The van der Waals surface area contributed by atoms with E-state index >= 15 is 0 Å². The monoisotopic (exact) mass is 390 g/mol. The minimum absolute atomic E-state index is 0.00884. The average molecular weight is 391 g/mol. The number of fused-ring (bicyclic) bond motifs is 1. The third kappa shape index (κ3) is 4.51. The average Bonchev–Trinajstić information content (AvgIpc) is 3.16. The second kappa shape index (κ2) is 8.78. The summed E-state index contributed by atoms with van der Waals surface area (Å²) in [6.07, 6.45) is 4.35. The molecule has 0 aliphatic carbocycles. The van der Waals surface area contributed by atoms with Crippen molar-refractivity contribution >= 4 is 16.9 Å². The first kappa shape index (κ1) is 19.6. The van der Waals surface area contributed by atoms with Gasteiger partial charge in [-0.2, -0.15) is 0 Å². The molecule has 1 aliphatic heterocycles. The van der Waals surface area contributed by atoms with Gasteiger partial charge in [-0.3, -0.25) is 9.69 Å². The predicted molar refractivity (Wildman–Crippen MR) is 116 cm³/mol. The highest BCUT2D eigenvalue weighted by atomic mass is 16.2. The Labute approximate surface area is 172 Å². The fourth-order valence-electron chi connectivity index (χ4n) is 4.30. The number of amides is 1. The van der Waals surface area contributed by atoms with Crippen LogP contribution in [0.15, 0.2) is 54.9 Å². The SMILES string of the molecule is C[C@H]1CCCN(Cc2ccccc2CNC(=O)[C@@H](C)n2cnc3ccccc32)C1. The number of hydrogen-bond donors (Lipinski definition) is 1. The Kier molecular flexibility index (Phi) is 5.95. The van der Waals surface area contributed by atoms with Crippen molar-refractivity contribution in [1.29, 1.82) is 0 Å². The first-order chi connectivity index (χ1) is 14.1. The molecule has 1 N–H and O–H groups in total. The van der Waals surface area contributed by atoms with E-state index in [1.807, 2.05) is 35.8 Å². The first-order valence-corrected chi connectivity index (χ1v) is 10.6. The Morgan fingerprint density at radius 2 is 1.93 bits per heavy atom. The summed E-state index contributed by atoms with van der Waals surface area (Å²) in [5.41, 5.74) is 4.40. The van der Waals surface area contributed by atoms with Gasteiger partial charge in [0.05, 0.1) is 17.4 Å². The zero-order valence-corrected chi connectivity index (χ0v) is 17.3. The second-order valence-corrected chi connectivity index (χ2v) is 8.29. The summed E-state index contributed by atoms with van der Waals surface area (Å²) in [7, 11) is 0. The van der Waals surface area contributed by atoms with Crippen molar-refractivity contribution in [2.45, 2.75) is 45.8 Å². The number of aromatic nitrogens is 2. The van der Waals surface area contributed by atoms with Crippen molar-refractivity contribution in [3.05, 3.63) is 66.0 Å². The van der Waals surface area contributed by atoms with Gasteiger partial charge in [0.1, 0.15) is 6.04 Å². The fraction of sp³-hybridized carbons (Fsp3) is 0.417. The number of piperidine rings is 1. The summed E-state index contributed by atoms with van der Waals surface area (Å²) in [5.74, 6) is 0.774. The number of likely N-dealkylation sites (tertiary alicyclic amines) is 1. The van der Waals surface area contributed by atoms with Crippen molar-refractivity contribution in [1.82, 2.24) is 19.8 Å². The molecule has 1 saturated heterocycles. The quantitative estimate of drug-likeness (QED) is 0.688. The molecule has 5 nitrogen and oxygen atoms in total. The smallest absolute Gasteiger partial charge is 0.243 e. The van der Waals surface area contributed by atoms with E-state index in [0.29, 0.717) is 6.54 Å². The van der Waals surface area contributed by atoms with Gasteiger partial charge >= 0.3 is 0 Å². The number of rotatable bonds is 6. The summed E-state index contributed by atoms with van der Waals surface area (Å²) >= 11 is 0. The van der Waals surface area contributed by atoms with Gasteiger partial charge in [-0.25, -0.2) is 4.98 Å². The van der Waals surface area contributed by atoms with Crippen LogP contribution in [0.3, 0.4) is 0 Å². The van der Waals surface area contributed by atoms with Crippen LogP contribution in [0.1, 0.15) is 43.9 Å². The number of hydrogen-bond acceptors (Lipinski definition) is 3. The summed E-state index contributed by atoms with van der Waals surface area (Å²) < 4.78 is 1.94. The van der Waals surface area contributed by atoms with Crippen LogP contribution < -0.4 is 5.32 Å². The van der Waals surface area contributed by atoms with Crippen LogP contribution in [0.25, 0.3) is 11.0 Å². The van der Waals surface area contributed by atoms with Gasteiger partial charge in [-0.05, 0) is 55.5 Å². The molecule has 2 heterocycles. The molecule has 1 amide bonds. The van der Waals surface area contributed by atoms with E-state index in [0.717, 1.165) is 36.6 Å². The molecule has 1 aliphatic rings. The number of carbonyl (C=O) groups excluding carboxylic acids is 1. The van der Waals surface area contributed by atoms with Crippen molar-refractivity contribution in [2.75, 3.05) is 13.1 Å². The third-order valence-electron chi connectivity index (χ3n) is 5.98. The van der Waals surface area contributed by atoms with Crippen LogP contribution in [0, 0.1) is 5.92 Å². The molecule has 0 bridgehead atoms. The van der Waals surface area contributed by atoms with Crippen LogP contribution >= 0.6 is 0 Å². The normalized spacial score (nSPS) is 18.6. The topological polar surface area (TPSA) is 50.2 Å². The predicted octanol–water partition coefficient (Wildman–Crippen LogP) is 4.15. The lowest BCUT2D eigenvalue weighted by molar-refractivity contribution is -0.123. The lowest BCUT2D eigenvalue weighted by atomic mass is 9.99. The molecule has 152 valence electrons. The molecular weight excluding hydrogens is 360 g/mol. The number of nitrogens with one attached hydrogen (secondary N) is 1. The van der Waals surface area contributed by atoms with Gasteiger partial charge in [-0.1, -0.05) is 43.3 Å². The van der Waals surface area contributed by atoms with Crippen molar-refractivity contribution in [3.63, 3.8) is 0 Å². The van der Waals surface area contributed by atoms with Crippen molar-refractivity contribution in [3.8, 4) is 0 Å². The Morgan fingerprint density at radius 1 is 1.17 bits per heavy atom. The van der Waals surface area contributed by atoms with E-state index in [-0.39, 0.29) is 11.9 Å². The zero-order valence-electron chi connectivity index (χ0n) is 17.3. The second-order valence-electron chi connectivity index (χ2n) is 8.29. The summed E-state index contributed by atoms with van der Waals surface area (Å²) in [6, 6.07) is 16.1. The summed E-state index contributed by atoms with van der Waals surface area (Å²) in [5, 5.41) is 3.13. The zero-order chi connectivity index (χ0) is 20.2. The molecule has 3 aromatic rings. The highest BCUT2D eigenvalue weighted by Gasteiger charge is 2.19. The van der Waals surface area contributed by atoms with Gasteiger partial charge < -0.3 is 9.88 Å². The Balaban J connectivity index is 1.41. The lowest BCUT2D eigenvalue weighted by Gasteiger charge is -2.31. The number of benzene rings is 2. The Morgan fingerprint density at radius 3 is 2.76 bits per heavy atom.